The summed E-state index contributed by atoms with van der Waals surface area (Å²) in [6.07, 6.45) is 4.77. The van der Waals surface area contributed by atoms with Gasteiger partial charge in [0.1, 0.15) is 33.8 Å². The summed E-state index contributed by atoms with van der Waals surface area (Å²) in [4.78, 5) is 113. The van der Waals surface area contributed by atoms with Crippen LogP contribution < -0.4 is 20.4 Å². The van der Waals surface area contributed by atoms with Gasteiger partial charge in [-0.2, -0.15) is 0 Å². The minimum absolute atomic E-state index is 0. The maximum atomic E-state index is 14.0. The molecule has 2 aromatic carbocycles. The summed E-state index contributed by atoms with van der Waals surface area (Å²) in [5.74, 6) is 1.48. The van der Waals surface area contributed by atoms with Crippen LogP contribution in [-0.2, 0) is 49.8 Å². The van der Waals surface area contributed by atoms with Crippen molar-refractivity contribution in [3.8, 4) is 0 Å². The molecule has 2 N–H and O–H groups in total. The molecular weight excluding hydrogens is 1480 g/mol. The van der Waals surface area contributed by atoms with Gasteiger partial charge in [-0.25, -0.2) is 29.5 Å². The van der Waals surface area contributed by atoms with Crippen LogP contribution in [0.15, 0.2) is 107 Å². The van der Waals surface area contributed by atoms with Gasteiger partial charge in [0.2, 0.25) is 11.6 Å². The first-order chi connectivity index (χ1) is 47.0. The molecule has 0 spiro atoms. The van der Waals surface area contributed by atoms with E-state index in [0.717, 1.165) is 109 Å². The number of pyridine rings is 4. The van der Waals surface area contributed by atoms with E-state index >= 15 is 0 Å². The van der Waals surface area contributed by atoms with Crippen molar-refractivity contribution in [2.24, 2.45) is 10.3 Å². The van der Waals surface area contributed by atoms with Crippen molar-refractivity contribution in [2.45, 2.75) is 204 Å². The number of hydrogen-bond donors (Lipinski definition) is 2. The summed E-state index contributed by atoms with van der Waals surface area (Å²) in [5, 5.41) is 15.4. The van der Waals surface area contributed by atoms with Gasteiger partial charge in [0.15, 0.2) is 22.6 Å². The molecule has 102 heavy (non-hydrogen) atoms. The molecule has 24 heteroatoms. The normalized spacial score (nSPS) is 18.2. The van der Waals surface area contributed by atoms with E-state index in [2.05, 4.69) is 37.0 Å². The number of amides is 4. The number of ether oxygens (including phenoxy) is 2. The van der Waals surface area contributed by atoms with Crippen molar-refractivity contribution in [1.29, 1.82) is 0 Å². The van der Waals surface area contributed by atoms with E-state index in [1.54, 1.807) is 90.9 Å². The van der Waals surface area contributed by atoms with Crippen LogP contribution in [0, 0.1) is 62.8 Å². The Bertz CT molecular complexity index is 4030. The molecule has 0 bridgehead atoms. The van der Waals surface area contributed by atoms with Crippen LogP contribution in [0.3, 0.4) is 0 Å². The first-order valence-corrected chi connectivity index (χ1v) is 34.7. The summed E-state index contributed by atoms with van der Waals surface area (Å²) in [7, 11) is 0. The number of benzene rings is 2. The molecule has 5 aliphatic rings. The van der Waals surface area contributed by atoms with Crippen LogP contribution >= 0.6 is 11.6 Å². The number of piperidine rings is 3. The number of anilines is 3. The molecule has 0 unspecified atom stereocenters. The van der Waals surface area contributed by atoms with Gasteiger partial charge in [0.05, 0.1) is 12.1 Å². The third kappa shape index (κ3) is 21.8. The number of ketones is 2. The van der Waals surface area contributed by atoms with Gasteiger partial charge < -0.3 is 47.0 Å². The van der Waals surface area contributed by atoms with Crippen molar-refractivity contribution in [3.05, 3.63) is 177 Å². The predicted molar refractivity (Wildman–Crippen MR) is 397 cm³/mol. The van der Waals surface area contributed by atoms with E-state index in [0.29, 0.717) is 58.7 Å². The molecule has 9 heterocycles. The van der Waals surface area contributed by atoms with Crippen molar-refractivity contribution < 1.29 is 69.0 Å². The number of Topliss-reactive ketones (excluding diaryl/α,β-unsaturated/α-hetero) is 2. The Hall–Kier alpha value is -8.46. The molecule has 3 saturated heterocycles. The number of likely N-dealkylation sites (tertiary alicyclic amines) is 2. The molecule has 0 saturated carbocycles. The van der Waals surface area contributed by atoms with Gasteiger partial charge in [0, 0.05) is 105 Å². The zero-order valence-corrected chi connectivity index (χ0v) is 66.5. The van der Waals surface area contributed by atoms with Crippen molar-refractivity contribution in [3.63, 3.8) is 0 Å². The Kier molecular flexibility index (Phi) is 28.4. The molecular formula is C78H102ClN12O10W-. The predicted octanol–water partition coefficient (Wildman–Crippen LogP) is 14.3. The number of oxime groups is 2. The molecule has 0 aliphatic carbocycles. The van der Waals surface area contributed by atoms with Crippen LogP contribution in [0.25, 0.3) is 0 Å². The second kappa shape index (κ2) is 35.1. The largest absolute Gasteiger partial charge is 0.444 e. The van der Waals surface area contributed by atoms with Crippen molar-refractivity contribution in [2.75, 3.05) is 54.4 Å². The fourth-order valence-corrected chi connectivity index (χ4v) is 11.9. The van der Waals surface area contributed by atoms with E-state index < -0.39 is 22.4 Å². The van der Waals surface area contributed by atoms with E-state index in [1.807, 2.05) is 144 Å². The number of nitrogens with zero attached hydrogens (tertiary/aromatic N) is 10. The summed E-state index contributed by atoms with van der Waals surface area (Å²) < 4.78 is 11.1. The number of aromatic nitrogens is 4. The Morgan fingerprint density at radius 1 is 0.539 bits per heavy atom. The molecule has 5 aliphatic heterocycles. The Balaban J connectivity index is 0.000000230. The fourth-order valence-electron chi connectivity index (χ4n) is 11.7. The van der Waals surface area contributed by atoms with E-state index in [-0.39, 0.29) is 93.6 Å². The van der Waals surface area contributed by atoms with Gasteiger partial charge in [-0.3, -0.25) is 29.0 Å². The quantitative estimate of drug-likeness (QED) is 0.0955. The molecule has 548 valence electrons. The maximum absolute atomic E-state index is 14.0. The fraction of sp³-hybridized carbons (Fsp3) is 0.474. The van der Waals surface area contributed by atoms with Crippen LogP contribution in [0.4, 0.5) is 27.0 Å². The van der Waals surface area contributed by atoms with Gasteiger partial charge in [-0.05, 0) is 240 Å². The van der Waals surface area contributed by atoms with Gasteiger partial charge in [0.25, 0.3) is 11.8 Å². The number of hydrogen-bond acceptors (Lipinski definition) is 18. The summed E-state index contributed by atoms with van der Waals surface area (Å²) in [6.45, 7) is 37.5. The number of carbonyl (C=O) groups is 6. The Morgan fingerprint density at radius 3 is 1.35 bits per heavy atom. The number of carbonyl (C=O) groups excluding carboxylic acids is 6. The van der Waals surface area contributed by atoms with E-state index in [1.165, 1.54) is 0 Å². The third-order valence-corrected chi connectivity index (χ3v) is 17.6. The smallest absolute Gasteiger partial charge is 0.410 e. The van der Waals surface area contributed by atoms with E-state index in [9.17, 15) is 28.8 Å². The standard InChI is InChI=1S/C29H36N4O5.C24H28N4O3.C17H27N3O2.C7H8ClN.CH3.W/c1-18-10-11-19(2)30-25(18)33(22-9-8-16-32(17-22)27(36)37-28(3,4)5)26(35)21-14-12-20(13-15-21)23-24(34)29(6,7)38-31-23;1-15-7-8-16(2)26-22(15)28(19-6-5-13-25-14-19)23(30)18-11-9-17(10-12-18)20-21(29)24(3,4)31-27-20;1-12-8-9-13(2)18-15(12)19-14-7-6-10-20(11-14)16(21)22-17(3,4)5;1-5-3-4-6(2)9-7(5)8;;/h10-15,22H,8-9,16-17H2,1-7H3;7-12,19,25H,5-6,13-14H2,1-4H3;8-9,14H,6-7,10-11H2,1-5H3,(H,18,19);3-4H,1-2H3;1H3;/q;;;;-1;/t22-;19-;14-;;;/m111.../s1. The average molecular weight is 1590 g/mol. The molecule has 3 fully saturated rings. The molecule has 22 nitrogen and oxygen atoms in total. The van der Waals surface area contributed by atoms with Crippen LogP contribution in [0.1, 0.15) is 185 Å². The van der Waals surface area contributed by atoms with Crippen LogP contribution in [0.5, 0.6) is 0 Å². The topological polar surface area (TPSA) is 253 Å². The summed E-state index contributed by atoms with van der Waals surface area (Å²) in [5.41, 5.74) is 7.32. The number of nitrogens with one attached hydrogen (secondary N) is 2. The Labute approximate surface area is 621 Å². The van der Waals surface area contributed by atoms with Crippen molar-refractivity contribution in [1.82, 2.24) is 35.1 Å². The SMILES string of the molecule is Cc1ccc(C)c(Cl)n1.Cc1ccc(C)c(N(C(=O)c2ccc(C3=NOC(C)(C)C3=O)cc2)[C@@H]2CCCN(C(=O)OC(C)(C)C)C2)n1.Cc1ccc(C)c(N(C(=O)c2ccc(C3=NOC(C)(C)C3=O)cc2)[C@@H]2CCCNC2)n1.Cc1ccc(C)c(N[C@@H]2CCCN(C(=O)OC(C)(C)C)C2)n1.[CH3-].[W]. The first kappa shape index (κ1) is 82.5. The second-order valence-corrected chi connectivity index (χ2v) is 29.6. The van der Waals surface area contributed by atoms with Gasteiger partial charge in [-0.15, -0.1) is 0 Å². The van der Waals surface area contributed by atoms with Crippen LogP contribution in [-0.4, -0.2) is 157 Å². The van der Waals surface area contributed by atoms with Gasteiger partial charge >= 0.3 is 12.2 Å². The summed E-state index contributed by atoms with van der Waals surface area (Å²) >= 11 is 5.70. The minimum Gasteiger partial charge on any atom is -0.444 e. The maximum Gasteiger partial charge on any atom is 0.410 e. The molecule has 0 radical (unpaired) electrons. The molecule has 4 amide bonds. The Morgan fingerprint density at radius 2 is 0.941 bits per heavy atom. The third-order valence-electron chi connectivity index (χ3n) is 17.3. The van der Waals surface area contributed by atoms with E-state index in [4.69, 9.17) is 40.7 Å². The zero-order valence-electron chi connectivity index (χ0n) is 62.8. The monoisotopic (exact) mass is 1590 g/mol. The molecule has 3 atom stereocenters. The molecule has 11 rings (SSSR count). The molecule has 6 aromatic rings. The number of aryl methyl sites for hydroxylation is 8. The molecule has 4 aromatic heterocycles. The zero-order chi connectivity index (χ0) is 73.2. The summed E-state index contributed by atoms with van der Waals surface area (Å²) in [6, 6.07) is 29.5. The van der Waals surface area contributed by atoms with Gasteiger partial charge in [-0.1, -0.05) is 70.4 Å². The van der Waals surface area contributed by atoms with Crippen LogP contribution in [0.2, 0.25) is 5.15 Å². The number of rotatable bonds is 10. The first-order valence-electron chi connectivity index (χ1n) is 34.3. The average Bonchev–Trinajstić information content (AvgIpc) is 0.891. The second-order valence-electron chi connectivity index (χ2n) is 29.2. The van der Waals surface area contributed by atoms with Crippen molar-refractivity contribution >= 4 is 76.0 Å². The minimum atomic E-state index is -1.00. The number of halogens is 1.